The number of nitrogens with zero attached hydrogens (tertiary/aromatic N) is 1. The van der Waals surface area contributed by atoms with E-state index in [0.29, 0.717) is 26.2 Å². The minimum atomic E-state index is -3.58. The number of nitrogens with one attached hydrogen (secondary N) is 2. The molecule has 1 aliphatic heterocycles. The maximum atomic E-state index is 12.6. The Morgan fingerprint density at radius 2 is 1.91 bits per heavy atom. The monoisotopic (exact) mass is 346 g/mol. The van der Waals surface area contributed by atoms with Crippen LogP contribution in [0.5, 0.6) is 0 Å². The van der Waals surface area contributed by atoms with Crippen LogP contribution in [0.1, 0.15) is 6.92 Å². The molecule has 0 bridgehead atoms. The lowest BCUT2D eigenvalue weighted by molar-refractivity contribution is -0.917. The van der Waals surface area contributed by atoms with Crippen molar-refractivity contribution >= 4 is 27.5 Å². The molecule has 6 nitrogen and oxygen atoms in total. The molecule has 0 saturated carbocycles. The molecule has 0 aromatic heterocycles. The standard InChI is InChI=1S/C14H20ClN3O3S/c1-11(14(19)16-2)17-7-9-18(10-8-17)22(20,21)13-6-4-3-5-12(13)15/h3-6,11H,7-10H2,1-2H3,(H,16,19)/p+1/t11-/m1/s1. The second-order valence-corrected chi connectivity index (χ2v) is 7.64. The van der Waals surface area contributed by atoms with E-state index in [1.54, 1.807) is 25.2 Å². The molecule has 1 aliphatic rings. The van der Waals surface area contributed by atoms with Crippen LogP contribution >= 0.6 is 11.6 Å². The van der Waals surface area contributed by atoms with Crippen molar-refractivity contribution < 1.29 is 18.1 Å². The van der Waals surface area contributed by atoms with Gasteiger partial charge in [0.25, 0.3) is 5.91 Å². The second kappa shape index (κ2) is 6.95. The molecule has 2 N–H and O–H groups in total. The molecule has 8 heteroatoms. The zero-order valence-corrected chi connectivity index (χ0v) is 14.2. The lowest BCUT2D eigenvalue weighted by Crippen LogP contribution is -3.19. The zero-order chi connectivity index (χ0) is 16.3. The number of hydrogen-bond acceptors (Lipinski definition) is 3. The fourth-order valence-corrected chi connectivity index (χ4v) is 4.58. The first-order valence-electron chi connectivity index (χ1n) is 7.18. The van der Waals surface area contributed by atoms with E-state index in [1.165, 1.54) is 10.4 Å². The summed E-state index contributed by atoms with van der Waals surface area (Å²) in [7, 11) is -1.97. The van der Waals surface area contributed by atoms with Crippen molar-refractivity contribution in [2.45, 2.75) is 17.9 Å². The topological polar surface area (TPSA) is 70.9 Å². The smallest absolute Gasteiger partial charge is 0.277 e. The molecule has 122 valence electrons. The van der Waals surface area contributed by atoms with Gasteiger partial charge in [0.15, 0.2) is 6.04 Å². The van der Waals surface area contributed by atoms with Crippen molar-refractivity contribution in [3.8, 4) is 0 Å². The summed E-state index contributed by atoms with van der Waals surface area (Å²) < 4.78 is 26.7. The number of benzene rings is 1. The number of halogens is 1. The van der Waals surface area contributed by atoms with Gasteiger partial charge in [-0.3, -0.25) is 4.79 Å². The summed E-state index contributed by atoms with van der Waals surface area (Å²) in [6.07, 6.45) is 0. The molecule has 0 radical (unpaired) electrons. The van der Waals surface area contributed by atoms with Crippen molar-refractivity contribution in [3.63, 3.8) is 0 Å². The lowest BCUT2D eigenvalue weighted by Gasteiger charge is -2.34. The fraction of sp³-hybridized carbons (Fsp3) is 0.500. The number of likely N-dealkylation sites (N-methyl/N-ethyl adjacent to an activating group) is 1. The van der Waals surface area contributed by atoms with Gasteiger partial charge in [0.1, 0.15) is 4.90 Å². The number of hydrogen-bond donors (Lipinski definition) is 2. The summed E-state index contributed by atoms with van der Waals surface area (Å²) in [5.74, 6) is -0.0302. The quantitative estimate of drug-likeness (QED) is 0.762. The molecule has 1 saturated heterocycles. The Labute approximate surface area is 136 Å². The zero-order valence-electron chi connectivity index (χ0n) is 12.7. The minimum absolute atomic E-state index is 0.0302. The average molecular weight is 347 g/mol. The minimum Gasteiger partial charge on any atom is -0.354 e. The normalized spacial score (nSPS) is 18.9. The van der Waals surface area contributed by atoms with Crippen LogP contribution < -0.4 is 10.2 Å². The van der Waals surface area contributed by atoms with E-state index in [-0.39, 0.29) is 21.9 Å². The van der Waals surface area contributed by atoms with E-state index >= 15 is 0 Å². The average Bonchev–Trinajstić information content (AvgIpc) is 2.53. The van der Waals surface area contributed by atoms with E-state index in [2.05, 4.69) is 5.32 Å². The van der Waals surface area contributed by atoms with Gasteiger partial charge in [-0.05, 0) is 19.1 Å². The predicted molar refractivity (Wildman–Crippen MR) is 84.4 cm³/mol. The van der Waals surface area contributed by atoms with Gasteiger partial charge in [-0.2, -0.15) is 4.31 Å². The highest BCUT2D eigenvalue weighted by atomic mass is 35.5. The van der Waals surface area contributed by atoms with Gasteiger partial charge >= 0.3 is 0 Å². The summed E-state index contributed by atoms with van der Waals surface area (Å²) in [4.78, 5) is 12.9. The second-order valence-electron chi connectivity index (χ2n) is 5.33. The Morgan fingerprint density at radius 3 is 2.45 bits per heavy atom. The van der Waals surface area contributed by atoms with E-state index in [1.807, 2.05) is 6.92 Å². The van der Waals surface area contributed by atoms with Crippen molar-refractivity contribution in [1.82, 2.24) is 9.62 Å². The molecule has 2 rings (SSSR count). The highest BCUT2D eigenvalue weighted by molar-refractivity contribution is 7.89. The van der Waals surface area contributed by atoms with Gasteiger partial charge in [0, 0.05) is 7.05 Å². The third-order valence-electron chi connectivity index (χ3n) is 4.07. The van der Waals surface area contributed by atoms with E-state index < -0.39 is 10.0 Å². The molecule has 1 fully saturated rings. The van der Waals surface area contributed by atoms with Crippen molar-refractivity contribution in [3.05, 3.63) is 29.3 Å². The maximum Gasteiger partial charge on any atom is 0.277 e. The van der Waals surface area contributed by atoms with Gasteiger partial charge < -0.3 is 10.2 Å². The number of sulfonamides is 1. The number of amides is 1. The third kappa shape index (κ3) is 3.43. The molecule has 22 heavy (non-hydrogen) atoms. The van der Waals surface area contributed by atoms with Gasteiger partial charge in [-0.15, -0.1) is 0 Å². The molecule has 1 amide bonds. The van der Waals surface area contributed by atoms with Crippen LogP contribution in [0.2, 0.25) is 5.02 Å². The van der Waals surface area contributed by atoms with Gasteiger partial charge in [-0.1, -0.05) is 23.7 Å². The third-order valence-corrected chi connectivity index (χ3v) is 6.47. The maximum absolute atomic E-state index is 12.6. The molecule has 1 aromatic rings. The van der Waals surface area contributed by atoms with Gasteiger partial charge in [0.2, 0.25) is 10.0 Å². The number of quaternary nitrogens is 1. The first kappa shape index (κ1) is 17.2. The van der Waals surface area contributed by atoms with Crippen LogP contribution in [0.25, 0.3) is 0 Å². The number of rotatable bonds is 4. The first-order chi connectivity index (χ1) is 10.4. The van der Waals surface area contributed by atoms with Crippen LogP contribution in [-0.4, -0.2) is 57.9 Å². The highest BCUT2D eigenvalue weighted by Crippen LogP contribution is 2.23. The summed E-state index contributed by atoms with van der Waals surface area (Å²) in [6.45, 7) is 3.80. The number of piperazine rings is 1. The van der Waals surface area contributed by atoms with E-state index in [0.717, 1.165) is 4.90 Å². The van der Waals surface area contributed by atoms with Crippen LogP contribution in [-0.2, 0) is 14.8 Å². The molecular formula is C14H21ClN3O3S+. The summed E-state index contributed by atoms with van der Waals surface area (Å²) in [5, 5.41) is 2.86. The van der Waals surface area contributed by atoms with Crippen LogP contribution in [0.4, 0.5) is 0 Å². The van der Waals surface area contributed by atoms with Gasteiger partial charge in [0.05, 0.1) is 31.2 Å². The Bertz CT molecular complexity index is 642. The Morgan fingerprint density at radius 1 is 1.32 bits per heavy atom. The molecular weight excluding hydrogens is 326 g/mol. The lowest BCUT2D eigenvalue weighted by atomic mass is 10.2. The summed E-state index contributed by atoms with van der Waals surface area (Å²) in [6, 6.07) is 6.27. The number of carbonyl (C=O) groups is 1. The Kier molecular flexibility index (Phi) is 5.44. The molecule has 1 atom stereocenters. The van der Waals surface area contributed by atoms with Crippen LogP contribution in [0.15, 0.2) is 29.2 Å². The molecule has 1 heterocycles. The van der Waals surface area contributed by atoms with Gasteiger partial charge in [-0.25, -0.2) is 8.42 Å². The van der Waals surface area contributed by atoms with E-state index in [9.17, 15) is 13.2 Å². The first-order valence-corrected chi connectivity index (χ1v) is 9.00. The molecule has 0 aliphatic carbocycles. The van der Waals surface area contributed by atoms with Crippen LogP contribution in [0.3, 0.4) is 0 Å². The van der Waals surface area contributed by atoms with E-state index in [4.69, 9.17) is 11.6 Å². The van der Waals surface area contributed by atoms with Crippen molar-refractivity contribution in [2.24, 2.45) is 0 Å². The molecule has 0 spiro atoms. The predicted octanol–water partition coefficient (Wildman–Crippen LogP) is -0.636. The Balaban J connectivity index is 2.08. The molecule has 0 unspecified atom stereocenters. The highest BCUT2D eigenvalue weighted by Gasteiger charge is 2.34. The van der Waals surface area contributed by atoms with Crippen LogP contribution in [0, 0.1) is 0 Å². The molecule has 1 aromatic carbocycles. The Hall–Kier alpha value is -1.15. The summed E-state index contributed by atoms with van der Waals surface area (Å²) in [5.41, 5.74) is 0. The van der Waals surface area contributed by atoms with Crippen molar-refractivity contribution in [2.75, 3.05) is 33.2 Å². The SMILES string of the molecule is CNC(=O)[C@@H](C)[NH+]1CCN(S(=O)(=O)c2ccccc2Cl)CC1. The fourth-order valence-electron chi connectivity index (χ4n) is 2.64. The van der Waals surface area contributed by atoms with Crippen molar-refractivity contribution in [1.29, 1.82) is 0 Å². The summed E-state index contributed by atoms with van der Waals surface area (Å²) >= 11 is 6.00. The largest absolute Gasteiger partial charge is 0.354 e. The number of carbonyl (C=O) groups excluding carboxylic acids is 1.